The third kappa shape index (κ3) is 2.98. The van der Waals surface area contributed by atoms with E-state index in [1.165, 1.54) is 0 Å². The van der Waals surface area contributed by atoms with Crippen molar-refractivity contribution in [2.45, 2.75) is 26.7 Å². The zero-order chi connectivity index (χ0) is 10.6. The van der Waals surface area contributed by atoms with Gasteiger partial charge in [0.25, 0.3) is 0 Å². The van der Waals surface area contributed by atoms with Gasteiger partial charge < -0.3 is 4.90 Å². The molecule has 0 spiro atoms. The van der Waals surface area contributed by atoms with E-state index in [0.29, 0.717) is 13.0 Å². The van der Waals surface area contributed by atoms with Crippen LogP contribution in [0.15, 0.2) is 12.2 Å². The van der Waals surface area contributed by atoms with E-state index in [4.69, 9.17) is 0 Å². The molecule has 0 unspecified atom stereocenters. The first kappa shape index (κ1) is 11.0. The molecule has 1 fully saturated rings. The third-order valence-corrected chi connectivity index (χ3v) is 2.35. The molecule has 1 heterocycles. The molecule has 14 heavy (non-hydrogen) atoms. The minimum atomic E-state index is 0.0422. The number of likely N-dealkylation sites (tertiary alicyclic amines) is 1. The molecule has 0 aromatic rings. The fourth-order valence-corrected chi connectivity index (χ4v) is 1.39. The predicted octanol–water partition coefficient (Wildman–Crippen LogP) is 1.39. The van der Waals surface area contributed by atoms with Crippen LogP contribution in [-0.2, 0) is 9.59 Å². The van der Waals surface area contributed by atoms with Crippen LogP contribution in [-0.4, -0.2) is 29.7 Å². The van der Waals surface area contributed by atoms with Crippen LogP contribution in [0.1, 0.15) is 26.7 Å². The van der Waals surface area contributed by atoms with Gasteiger partial charge in [0.05, 0.1) is 0 Å². The number of allylic oxidation sites excluding steroid dienone is 1. The number of hydrogen-bond acceptors (Lipinski definition) is 2. The Labute approximate surface area is 84.8 Å². The van der Waals surface area contributed by atoms with E-state index in [1.54, 1.807) is 17.1 Å². The molecule has 3 nitrogen and oxygen atoms in total. The summed E-state index contributed by atoms with van der Waals surface area (Å²) < 4.78 is 0. The molecule has 0 aromatic carbocycles. The average Bonchev–Trinajstić information content (AvgIpc) is 2.51. The highest BCUT2D eigenvalue weighted by Crippen LogP contribution is 2.08. The van der Waals surface area contributed by atoms with Gasteiger partial charge in [-0.3, -0.25) is 9.59 Å². The zero-order valence-corrected chi connectivity index (χ0v) is 8.82. The Hall–Kier alpha value is -1.12. The van der Waals surface area contributed by atoms with Crippen LogP contribution in [0.4, 0.5) is 0 Å². The number of carbonyl (C=O) groups is 2. The van der Waals surface area contributed by atoms with Gasteiger partial charge in [-0.1, -0.05) is 19.9 Å². The second-order valence-electron chi connectivity index (χ2n) is 3.90. The maximum Gasteiger partial charge on any atom is 0.222 e. The first-order chi connectivity index (χ1) is 6.61. The monoisotopic (exact) mass is 195 g/mol. The highest BCUT2D eigenvalue weighted by molar-refractivity contribution is 5.91. The van der Waals surface area contributed by atoms with Crippen LogP contribution in [0, 0.1) is 5.92 Å². The third-order valence-electron chi connectivity index (χ3n) is 2.35. The fraction of sp³-hybridized carbons (Fsp3) is 0.636. The Kier molecular flexibility index (Phi) is 3.86. The van der Waals surface area contributed by atoms with Crippen LogP contribution in [0.2, 0.25) is 0 Å². The minimum Gasteiger partial charge on any atom is -0.339 e. The summed E-state index contributed by atoms with van der Waals surface area (Å²) in [5, 5.41) is 0. The molecule has 3 heteroatoms. The maximum atomic E-state index is 11.2. The Balaban J connectivity index is 2.32. The standard InChI is InChI=1S/C11H17NO2/c1-9(2)10(13)5-3-7-12-8-4-6-11(12)14/h3,5,9H,4,6-8H2,1-2H3/b5-3+. The maximum absolute atomic E-state index is 11.2. The van der Waals surface area contributed by atoms with Gasteiger partial charge in [0.1, 0.15) is 0 Å². The molecule has 1 aliphatic heterocycles. The number of rotatable bonds is 4. The van der Waals surface area contributed by atoms with Gasteiger partial charge in [-0.05, 0) is 12.5 Å². The van der Waals surface area contributed by atoms with Crippen LogP contribution >= 0.6 is 0 Å². The van der Waals surface area contributed by atoms with Gasteiger partial charge in [0, 0.05) is 25.4 Å². The van der Waals surface area contributed by atoms with Crippen molar-refractivity contribution in [2.75, 3.05) is 13.1 Å². The number of ketones is 1. The normalized spacial score (nSPS) is 17.4. The zero-order valence-electron chi connectivity index (χ0n) is 8.82. The van der Waals surface area contributed by atoms with Crippen molar-refractivity contribution >= 4 is 11.7 Å². The van der Waals surface area contributed by atoms with Gasteiger partial charge in [0.15, 0.2) is 5.78 Å². The molecule has 1 aliphatic rings. The van der Waals surface area contributed by atoms with Gasteiger partial charge in [0.2, 0.25) is 5.91 Å². The van der Waals surface area contributed by atoms with Crippen LogP contribution in [0.3, 0.4) is 0 Å². The van der Waals surface area contributed by atoms with Crippen LogP contribution in [0.5, 0.6) is 0 Å². The summed E-state index contributed by atoms with van der Waals surface area (Å²) in [6, 6.07) is 0. The predicted molar refractivity (Wildman–Crippen MR) is 54.8 cm³/mol. The van der Waals surface area contributed by atoms with Crippen molar-refractivity contribution in [3.05, 3.63) is 12.2 Å². The second-order valence-corrected chi connectivity index (χ2v) is 3.90. The quantitative estimate of drug-likeness (QED) is 0.636. The summed E-state index contributed by atoms with van der Waals surface area (Å²) in [6.45, 7) is 5.15. The molecule has 0 radical (unpaired) electrons. The molecule has 0 saturated carbocycles. The van der Waals surface area contributed by atoms with Crippen molar-refractivity contribution in [1.82, 2.24) is 4.90 Å². The molecule has 1 saturated heterocycles. The first-order valence-corrected chi connectivity index (χ1v) is 5.09. The molecule has 1 amide bonds. The van der Waals surface area contributed by atoms with E-state index >= 15 is 0 Å². The van der Waals surface area contributed by atoms with E-state index in [0.717, 1.165) is 13.0 Å². The summed E-state index contributed by atoms with van der Waals surface area (Å²) in [4.78, 5) is 24.2. The average molecular weight is 195 g/mol. The van der Waals surface area contributed by atoms with Gasteiger partial charge >= 0.3 is 0 Å². The summed E-state index contributed by atoms with van der Waals surface area (Å²) in [7, 11) is 0. The lowest BCUT2D eigenvalue weighted by molar-refractivity contribution is -0.127. The fourth-order valence-electron chi connectivity index (χ4n) is 1.39. The lowest BCUT2D eigenvalue weighted by Gasteiger charge is -2.11. The number of nitrogens with zero attached hydrogens (tertiary/aromatic N) is 1. The number of hydrogen-bond donors (Lipinski definition) is 0. The smallest absolute Gasteiger partial charge is 0.222 e. The van der Waals surface area contributed by atoms with Gasteiger partial charge in [-0.25, -0.2) is 0 Å². The Bertz CT molecular complexity index is 256. The highest BCUT2D eigenvalue weighted by Gasteiger charge is 2.18. The van der Waals surface area contributed by atoms with Crippen molar-refractivity contribution in [3.63, 3.8) is 0 Å². The number of carbonyl (C=O) groups excluding carboxylic acids is 2. The highest BCUT2D eigenvalue weighted by atomic mass is 16.2. The first-order valence-electron chi connectivity index (χ1n) is 5.09. The van der Waals surface area contributed by atoms with Crippen molar-refractivity contribution in [3.8, 4) is 0 Å². The molecule has 0 N–H and O–H groups in total. The van der Waals surface area contributed by atoms with Gasteiger partial charge in [-0.2, -0.15) is 0 Å². The molecule has 78 valence electrons. The Morgan fingerprint density at radius 1 is 1.57 bits per heavy atom. The summed E-state index contributed by atoms with van der Waals surface area (Å²) >= 11 is 0. The summed E-state index contributed by atoms with van der Waals surface area (Å²) in [5.41, 5.74) is 0. The lowest BCUT2D eigenvalue weighted by Crippen LogP contribution is -2.24. The SMILES string of the molecule is CC(C)C(=O)/C=C/CN1CCCC1=O. The lowest BCUT2D eigenvalue weighted by atomic mass is 10.1. The largest absolute Gasteiger partial charge is 0.339 e. The molecule has 0 aliphatic carbocycles. The second kappa shape index (κ2) is 4.94. The van der Waals surface area contributed by atoms with E-state index in [9.17, 15) is 9.59 Å². The summed E-state index contributed by atoms with van der Waals surface area (Å²) in [5.74, 6) is 0.365. The van der Waals surface area contributed by atoms with Crippen molar-refractivity contribution in [2.24, 2.45) is 5.92 Å². The van der Waals surface area contributed by atoms with E-state index in [-0.39, 0.29) is 17.6 Å². The van der Waals surface area contributed by atoms with Crippen molar-refractivity contribution < 1.29 is 9.59 Å². The van der Waals surface area contributed by atoms with E-state index < -0.39 is 0 Å². The van der Waals surface area contributed by atoms with Crippen molar-refractivity contribution in [1.29, 1.82) is 0 Å². The minimum absolute atomic E-state index is 0.0422. The Morgan fingerprint density at radius 2 is 2.29 bits per heavy atom. The van der Waals surface area contributed by atoms with E-state index in [1.807, 2.05) is 13.8 Å². The van der Waals surface area contributed by atoms with Crippen LogP contribution in [0.25, 0.3) is 0 Å². The molecule has 0 aromatic heterocycles. The van der Waals surface area contributed by atoms with Gasteiger partial charge in [-0.15, -0.1) is 0 Å². The molecular formula is C11H17NO2. The van der Waals surface area contributed by atoms with Crippen LogP contribution < -0.4 is 0 Å². The molecule has 0 bridgehead atoms. The summed E-state index contributed by atoms with van der Waals surface area (Å²) in [6.07, 6.45) is 4.97. The molecule has 0 atom stereocenters. The molecular weight excluding hydrogens is 178 g/mol. The van der Waals surface area contributed by atoms with E-state index in [2.05, 4.69) is 0 Å². The number of amides is 1. The topological polar surface area (TPSA) is 37.4 Å². The molecule has 1 rings (SSSR count). The Morgan fingerprint density at radius 3 is 2.79 bits per heavy atom.